The number of benzene rings is 2. The van der Waals surface area contributed by atoms with Gasteiger partial charge in [-0.15, -0.1) is 0 Å². The molecule has 0 unspecified atom stereocenters. The van der Waals surface area contributed by atoms with E-state index in [1.54, 1.807) is 36.4 Å². The molecule has 0 aliphatic heterocycles. The molecule has 1 atom stereocenters. The van der Waals surface area contributed by atoms with E-state index in [-0.39, 0.29) is 23.9 Å². The highest BCUT2D eigenvalue weighted by Gasteiger charge is 2.21. The van der Waals surface area contributed by atoms with E-state index in [0.717, 1.165) is 3.57 Å². The molecule has 2 rings (SSSR count). The molecule has 0 spiro atoms. The number of rotatable bonds is 9. The van der Waals surface area contributed by atoms with E-state index in [0.29, 0.717) is 29.7 Å². The van der Waals surface area contributed by atoms with Gasteiger partial charge in [0.1, 0.15) is 11.9 Å². The van der Waals surface area contributed by atoms with Gasteiger partial charge in [-0.2, -0.15) is 12.6 Å². The largest absolute Gasteiger partial charge is 0.508 e. The molecule has 0 aliphatic carbocycles. The van der Waals surface area contributed by atoms with Crippen LogP contribution in [0.5, 0.6) is 5.75 Å². The van der Waals surface area contributed by atoms with Gasteiger partial charge in [-0.1, -0.05) is 0 Å². The van der Waals surface area contributed by atoms with Crippen LogP contribution in [0.15, 0.2) is 42.5 Å². The first kappa shape index (κ1) is 24.0. The van der Waals surface area contributed by atoms with Crippen LogP contribution in [-0.2, 0) is 14.3 Å². The molecule has 0 saturated heterocycles. The fraction of sp³-hybridized carbons (Fsp3) is 0.286. The standard InChI is InChI=1S/C21H22INO6S/c1-13(24)14-4-7-16(8-5-14)23-21(27)29-19(3-2-10-28-20(26)12-30)17-11-15(22)6-9-18(17)25/h4-9,11,19,25,30H,2-3,10,12H2,1H3,(H,23,27)/t19-/m1/s1. The van der Waals surface area contributed by atoms with Gasteiger partial charge < -0.3 is 14.6 Å². The number of Topliss-reactive ketones (excluding diaryl/α,β-unsaturated/α-hetero) is 1. The van der Waals surface area contributed by atoms with Gasteiger partial charge in [0.15, 0.2) is 5.78 Å². The number of carbonyl (C=O) groups excluding carboxylic acids is 3. The monoisotopic (exact) mass is 543 g/mol. The van der Waals surface area contributed by atoms with E-state index in [1.807, 2.05) is 0 Å². The summed E-state index contributed by atoms with van der Waals surface area (Å²) in [5, 5.41) is 12.8. The molecule has 0 aliphatic rings. The van der Waals surface area contributed by atoms with E-state index in [2.05, 4.69) is 40.5 Å². The van der Waals surface area contributed by atoms with Crippen LogP contribution >= 0.6 is 35.2 Å². The summed E-state index contributed by atoms with van der Waals surface area (Å²) in [7, 11) is 0. The van der Waals surface area contributed by atoms with E-state index in [4.69, 9.17) is 9.47 Å². The summed E-state index contributed by atoms with van der Waals surface area (Å²) < 4.78 is 11.4. The maximum Gasteiger partial charge on any atom is 0.412 e. The number of nitrogens with one attached hydrogen (secondary N) is 1. The third kappa shape index (κ3) is 7.52. The molecule has 30 heavy (non-hydrogen) atoms. The molecule has 9 heteroatoms. The fourth-order valence-corrected chi connectivity index (χ4v) is 3.23. The van der Waals surface area contributed by atoms with Gasteiger partial charge in [0.05, 0.1) is 12.4 Å². The summed E-state index contributed by atoms with van der Waals surface area (Å²) in [5.41, 5.74) is 1.47. The summed E-state index contributed by atoms with van der Waals surface area (Å²) in [5.74, 6) is -0.509. The number of hydrogen-bond acceptors (Lipinski definition) is 7. The summed E-state index contributed by atoms with van der Waals surface area (Å²) in [6, 6.07) is 11.4. The van der Waals surface area contributed by atoms with Crippen molar-refractivity contribution in [1.29, 1.82) is 0 Å². The van der Waals surface area contributed by atoms with Crippen LogP contribution < -0.4 is 5.32 Å². The normalized spacial score (nSPS) is 11.4. The van der Waals surface area contributed by atoms with Crippen molar-refractivity contribution in [2.24, 2.45) is 0 Å². The van der Waals surface area contributed by atoms with E-state index in [1.165, 1.54) is 13.0 Å². The second-order valence-corrected chi connectivity index (χ2v) is 7.94. The number of ether oxygens (including phenoxy) is 2. The Morgan fingerprint density at radius 3 is 2.50 bits per heavy atom. The van der Waals surface area contributed by atoms with Crippen molar-refractivity contribution in [2.75, 3.05) is 17.7 Å². The van der Waals surface area contributed by atoms with Gasteiger partial charge in [0.2, 0.25) is 0 Å². The highest BCUT2D eigenvalue weighted by Crippen LogP contribution is 2.32. The molecule has 0 heterocycles. The minimum atomic E-state index is -0.745. The van der Waals surface area contributed by atoms with Crippen molar-refractivity contribution in [2.45, 2.75) is 25.9 Å². The Morgan fingerprint density at radius 1 is 1.17 bits per heavy atom. The molecule has 0 saturated carbocycles. The smallest absolute Gasteiger partial charge is 0.412 e. The number of carbonyl (C=O) groups is 3. The van der Waals surface area contributed by atoms with E-state index in [9.17, 15) is 19.5 Å². The topological polar surface area (TPSA) is 102 Å². The summed E-state index contributed by atoms with van der Waals surface area (Å²) >= 11 is 5.95. The highest BCUT2D eigenvalue weighted by atomic mass is 127. The zero-order valence-corrected chi connectivity index (χ0v) is 19.3. The van der Waals surface area contributed by atoms with Crippen LogP contribution in [-0.4, -0.2) is 35.3 Å². The van der Waals surface area contributed by atoms with Crippen LogP contribution in [0.3, 0.4) is 0 Å². The Bertz CT molecular complexity index is 903. The van der Waals surface area contributed by atoms with Gasteiger partial charge in [0, 0.05) is 20.4 Å². The van der Waals surface area contributed by atoms with E-state index >= 15 is 0 Å². The number of phenols is 1. The third-order valence-corrected chi connectivity index (χ3v) is 5.06. The number of halogens is 1. The third-order valence-electron chi connectivity index (χ3n) is 4.13. The van der Waals surface area contributed by atoms with Crippen molar-refractivity contribution in [3.05, 3.63) is 57.2 Å². The Morgan fingerprint density at radius 2 is 1.87 bits per heavy atom. The van der Waals surface area contributed by atoms with Crippen molar-refractivity contribution >= 4 is 58.8 Å². The first-order valence-corrected chi connectivity index (χ1v) is 10.8. The van der Waals surface area contributed by atoms with Crippen LogP contribution in [0.4, 0.5) is 10.5 Å². The number of hydrogen-bond donors (Lipinski definition) is 3. The van der Waals surface area contributed by atoms with Crippen LogP contribution in [0.25, 0.3) is 0 Å². The fourth-order valence-electron chi connectivity index (χ4n) is 2.63. The molecule has 0 radical (unpaired) electrons. The lowest BCUT2D eigenvalue weighted by Crippen LogP contribution is -2.18. The number of phenolic OH excluding ortho intramolecular Hbond substituents is 1. The number of ketones is 1. The zero-order chi connectivity index (χ0) is 22.1. The molecule has 0 bridgehead atoms. The van der Waals surface area contributed by atoms with Crippen molar-refractivity contribution < 1.29 is 29.0 Å². The number of anilines is 1. The Balaban J connectivity index is 2.07. The quantitative estimate of drug-likeness (QED) is 0.139. The SMILES string of the molecule is CC(=O)c1ccc(NC(=O)O[C@H](CCCOC(=O)CS)c2cc(I)ccc2O)cc1. The summed E-state index contributed by atoms with van der Waals surface area (Å²) in [6.07, 6.45) is -0.688. The predicted octanol–water partition coefficient (Wildman–Crippen LogP) is 4.74. The average molecular weight is 543 g/mol. The Kier molecular flexibility index (Phi) is 9.44. The number of amides is 1. The molecule has 160 valence electrons. The minimum absolute atomic E-state index is 0.00591. The zero-order valence-electron chi connectivity index (χ0n) is 16.3. The molecule has 2 aromatic carbocycles. The lowest BCUT2D eigenvalue weighted by molar-refractivity contribution is -0.140. The number of esters is 1. The molecule has 0 fully saturated rings. The Labute approximate surface area is 193 Å². The lowest BCUT2D eigenvalue weighted by Gasteiger charge is -2.20. The molecular weight excluding hydrogens is 521 g/mol. The summed E-state index contributed by atoms with van der Waals surface area (Å²) in [6.45, 7) is 1.61. The van der Waals surface area contributed by atoms with Gasteiger partial charge in [-0.25, -0.2) is 4.79 Å². The second kappa shape index (κ2) is 11.8. The molecule has 2 N–H and O–H groups in total. The van der Waals surface area contributed by atoms with Gasteiger partial charge in [-0.3, -0.25) is 14.9 Å². The second-order valence-electron chi connectivity index (χ2n) is 6.38. The Hall–Kier alpha value is -2.27. The first-order chi connectivity index (χ1) is 14.3. The molecular formula is C21H22INO6S. The highest BCUT2D eigenvalue weighted by molar-refractivity contribution is 14.1. The van der Waals surface area contributed by atoms with Crippen molar-refractivity contribution in [1.82, 2.24) is 0 Å². The average Bonchev–Trinajstić information content (AvgIpc) is 2.72. The van der Waals surface area contributed by atoms with E-state index < -0.39 is 18.2 Å². The van der Waals surface area contributed by atoms with Crippen LogP contribution in [0, 0.1) is 3.57 Å². The lowest BCUT2D eigenvalue weighted by atomic mass is 10.0. The van der Waals surface area contributed by atoms with Gasteiger partial charge in [-0.05, 0) is 84.8 Å². The van der Waals surface area contributed by atoms with Gasteiger partial charge in [0.25, 0.3) is 0 Å². The molecule has 0 aromatic heterocycles. The first-order valence-electron chi connectivity index (χ1n) is 9.13. The predicted molar refractivity (Wildman–Crippen MR) is 124 cm³/mol. The maximum atomic E-state index is 12.4. The van der Waals surface area contributed by atoms with Crippen LogP contribution in [0.2, 0.25) is 0 Å². The van der Waals surface area contributed by atoms with Crippen LogP contribution in [0.1, 0.15) is 41.8 Å². The molecule has 1 amide bonds. The van der Waals surface area contributed by atoms with Crippen molar-refractivity contribution in [3.8, 4) is 5.75 Å². The molecule has 7 nitrogen and oxygen atoms in total. The number of thiol groups is 1. The summed E-state index contributed by atoms with van der Waals surface area (Å²) in [4.78, 5) is 35.0. The number of aromatic hydroxyl groups is 1. The minimum Gasteiger partial charge on any atom is -0.508 e. The van der Waals surface area contributed by atoms with Crippen molar-refractivity contribution in [3.63, 3.8) is 0 Å². The molecule has 2 aromatic rings. The van der Waals surface area contributed by atoms with Gasteiger partial charge >= 0.3 is 12.1 Å². The maximum absolute atomic E-state index is 12.4.